The Balaban J connectivity index is 1.75. The summed E-state index contributed by atoms with van der Waals surface area (Å²) in [5.41, 5.74) is 2.35. The summed E-state index contributed by atoms with van der Waals surface area (Å²) in [6.45, 7) is 4.25. The van der Waals surface area contributed by atoms with E-state index in [4.69, 9.17) is 0 Å². The summed E-state index contributed by atoms with van der Waals surface area (Å²) >= 11 is 0. The summed E-state index contributed by atoms with van der Waals surface area (Å²) in [6, 6.07) is 12.6. The minimum absolute atomic E-state index is 0.0690. The first-order chi connectivity index (χ1) is 18.1. The lowest BCUT2D eigenvalue weighted by atomic mass is 9.95. The Bertz CT molecular complexity index is 1180. The fraction of sp³-hybridized carbons (Fsp3) is 0.517. The molecule has 2 amide bonds. The fourth-order valence-electron chi connectivity index (χ4n) is 5.08. The van der Waals surface area contributed by atoms with Crippen LogP contribution in [0.15, 0.2) is 48.5 Å². The second kappa shape index (κ2) is 13.7. The molecule has 0 bridgehead atoms. The van der Waals surface area contributed by atoms with Crippen molar-refractivity contribution >= 4 is 27.5 Å². The highest BCUT2D eigenvalue weighted by molar-refractivity contribution is 7.92. The number of nitrogens with zero attached hydrogens (tertiary/aromatic N) is 2. The van der Waals surface area contributed by atoms with Gasteiger partial charge in [0.25, 0.3) is 0 Å². The number of benzene rings is 2. The van der Waals surface area contributed by atoms with Crippen molar-refractivity contribution in [3.8, 4) is 0 Å². The van der Waals surface area contributed by atoms with Crippen molar-refractivity contribution in [1.82, 2.24) is 10.2 Å². The number of carbonyl (C=O) groups excluding carboxylic acids is 2. The predicted octanol–water partition coefficient (Wildman–Crippen LogP) is 4.94. The van der Waals surface area contributed by atoms with Gasteiger partial charge in [0, 0.05) is 25.6 Å². The first-order valence-corrected chi connectivity index (χ1v) is 15.3. The van der Waals surface area contributed by atoms with Gasteiger partial charge in [0.05, 0.1) is 11.9 Å². The van der Waals surface area contributed by atoms with Crippen LogP contribution in [0.4, 0.5) is 10.1 Å². The van der Waals surface area contributed by atoms with Crippen LogP contribution in [0.25, 0.3) is 0 Å². The van der Waals surface area contributed by atoms with Gasteiger partial charge in [-0.05, 0) is 62.4 Å². The molecule has 1 saturated carbocycles. The lowest BCUT2D eigenvalue weighted by molar-refractivity contribution is -0.141. The second-order valence-electron chi connectivity index (χ2n) is 10.2. The Morgan fingerprint density at radius 2 is 1.76 bits per heavy atom. The highest BCUT2D eigenvalue weighted by Gasteiger charge is 2.30. The van der Waals surface area contributed by atoms with Gasteiger partial charge in [-0.3, -0.25) is 13.9 Å². The van der Waals surface area contributed by atoms with E-state index in [1.807, 2.05) is 38.1 Å². The van der Waals surface area contributed by atoms with Crippen molar-refractivity contribution in [2.45, 2.75) is 83.8 Å². The van der Waals surface area contributed by atoms with Crippen molar-refractivity contribution in [3.63, 3.8) is 0 Å². The molecule has 208 valence electrons. The van der Waals surface area contributed by atoms with Gasteiger partial charge < -0.3 is 10.2 Å². The molecule has 0 saturated heterocycles. The molecule has 1 N–H and O–H groups in total. The monoisotopic (exact) mass is 545 g/mol. The number of sulfonamides is 1. The van der Waals surface area contributed by atoms with E-state index in [0.717, 1.165) is 43.1 Å². The number of anilines is 1. The zero-order valence-electron chi connectivity index (χ0n) is 22.7. The highest BCUT2D eigenvalue weighted by atomic mass is 32.2. The number of hydrogen-bond donors (Lipinski definition) is 1. The summed E-state index contributed by atoms with van der Waals surface area (Å²) < 4.78 is 39.4. The number of amides is 2. The average Bonchev–Trinajstić information content (AvgIpc) is 2.87. The maximum Gasteiger partial charge on any atom is 0.243 e. The van der Waals surface area contributed by atoms with Crippen molar-refractivity contribution in [2.24, 2.45) is 0 Å². The largest absolute Gasteiger partial charge is 0.352 e. The fourth-order valence-corrected chi connectivity index (χ4v) is 6.05. The first kappa shape index (κ1) is 29.6. The van der Waals surface area contributed by atoms with Crippen LogP contribution in [-0.4, -0.2) is 50.0 Å². The van der Waals surface area contributed by atoms with E-state index in [2.05, 4.69) is 5.32 Å². The molecule has 0 spiro atoms. The summed E-state index contributed by atoms with van der Waals surface area (Å²) in [4.78, 5) is 28.6. The van der Waals surface area contributed by atoms with Gasteiger partial charge in [-0.25, -0.2) is 12.8 Å². The normalized spacial score (nSPS) is 15.1. The molecule has 2 aromatic rings. The minimum Gasteiger partial charge on any atom is -0.352 e. The molecule has 1 aliphatic rings. The SMILES string of the molecule is CC[C@@H](C(=O)NC1CCCCC1)N(Cc1cccc(C)c1)C(=O)CCCN(c1ccc(F)cc1)S(C)(=O)=O. The van der Waals surface area contributed by atoms with Gasteiger partial charge in [0.2, 0.25) is 21.8 Å². The zero-order chi connectivity index (χ0) is 27.7. The molecular weight excluding hydrogens is 505 g/mol. The van der Waals surface area contributed by atoms with Crippen LogP contribution in [0.5, 0.6) is 0 Å². The second-order valence-corrected chi connectivity index (χ2v) is 12.1. The highest BCUT2D eigenvalue weighted by Crippen LogP contribution is 2.21. The van der Waals surface area contributed by atoms with Gasteiger partial charge in [0.1, 0.15) is 11.9 Å². The number of aryl methyl sites for hydroxylation is 1. The van der Waals surface area contributed by atoms with Gasteiger partial charge in [-0.15, -0.1) is 0 Å². The molecule has 0 unspecified atom stereocenters. The van der Waals surface area contributed by atoms with E-state index < -0.39 is 21.9 Å². The molecule has 3 rings (SSSR count). The molecule has 1 aliphatic carbocycles. The van der Waals surface area contributed by atoms with E-state index >= 15 is 0 Å². The van der Waals surface area contributed by atoms with E-state index in [0.29, 0.717) is 18.7 Å². The van der Waals surface area contributed by atoms with Gasteiger partial charge >= 0.3 is 0 Å². The van der Waals surface area contributed by atoms with Gasteiger partial charge in [-0.1, -0.05) is 56.0 Å². The maximum absolute atomic E-state index is 13.6. The minimum atomic E-state index is -3.63. The number of nitrogens with one attached hydrogen (secondary N) is 1. The summed E-state index contributed by atoms with van der Waals surface area (Å²) in [5.74, 6) is -0.796. The Morgan fingerprint density at radius 1 is 1.08 bits per heavy atom. The van der Waals surface area contributed by atoms with Crippen molar-refractivity contribution in [1.29, 1.82) is 0 Å². The first-order valence-electron chi connectivity index (χ1n) is 13.5. The van der Waals surface area contributed by atoms with Crippen LogP contribution in [0, 0.1) is 12.7 Å². The van der Waals surface area contributed by atoms with Crippen LogP contribution >= 0.6 is 0 Å². The number of carbonyl (C=O) groups is 2. The van der Waals surface area contributed by atoms with Gasteiger partial charge in [0.15, 0.2) is 0 Å². The molecule has 0 heterocycles. The third kappa shape index (κ3) is 8.55. The molecule has 1 fully saturated rings. The van der Waals surface area contributed by atoms with E-state index in [9.17, 15) is 22.4 Å². The molecule has 38 heavy (non-hydrogen) atoms. The Labute approximate surface area is 226 Å². The molecule has 2 aromatic carbocycles. The van der Waals surface area contributed by atoms with Crippen molar-refractivity contribution in [2.75, 3.05) is 17.1 Å². The summed E-state index contributed by atoms with van der Waals surface area (Å²) in [7, 11) is -3.63. The zero-order valence-corrected chi connectivity index (χ0v) is 23.5. The molecule has 0 aromatic heterocycles. The van der Waals surface area contributed by atoms with Crippen LogP contribution < -0.4 is 9.62 Å². The molecule has 0 aliphatic heterocycles. The van der Waals surface area contributed by atoms with Crippen molar-refractivity contribution < 1.29 is 22.4 Å². The molecule has 9 heteroatoms. The molecule has 1 atom stereocenters. The van der Waals surface area contributed by atoms with Crippen LogP contribution in [0.2, 0.25) is 0 Å². The molecule has 0 radical (unpaired) electrons. The van der Waals surface area contributed by atoms with Crippen LogP contribution in [0.1, 0.15) is 69.4 Å². The Kier molecular flexibility index (Phi) is 10.7. The smallest absolute Gasteiger partial charge is 0.243 e. The topological polar surface area (TPSA) is 86.8 Å². The van der Waals surface area contributed by atoms with E-state index in [1.54, 1.807) is 4.90 Å². The number of halogens is 1. The lowest BCUT2D eigenvalue weighted by Gasteiger charge is -2.33. The van der Waals surface area contributed by atoms with E-state index in [-0.39, 0.29) is 37.2 Å². The van der Waals surface area contributed by atoms with Gasteiger partial charge in [-0.2, -0.15) is 0 Å². The van der Waals surface area contributed by atoms with Crippen molar-refractivity contribution in [3.05, 3.63) is 65.5 Å². The lowest BCUT2D eigenvalue weighted by Crippen LogP contribution is -2.51. The third-order valence-corrected chi connectivity index (χ3v) is 8.23. The predicted molar refractivity (Wildman–Crippen MR) is 149 cm³/mol. The van der Waals surface area contributed by atoms with Crippen LogP contribution in [-0.2, 0) is 26.2 Å². The Morgan fingerprint density at radius 3 is 2.37 bits per heavy atom. The third-order valence-electron chi connectivity index (χ3n) is 7.04. The van der Waals surface area contributed by atoms with Crippen LogP contribution in [0.3, 0.4) is 0 Å². The average molecular weight is 546 g/mol. The summed E-state index contributed by atoms with van der Waals surface area (Å²) in [6.07, 6.45) is 7.19. The number of hydrogen-bond acceptors (Lipinski definition) is 4. The molecular formula is C29H40FN3O4S. The Hall–Kier alpha value is -2.94. The maximum atomic E-state index is 13.6. The quantitative estimate of drug-likeness (QED) is 0.410. The summed E-state index contributed by atoms with van der Waals surface area (Å²) in [5, 5.41) is 3.17. The van der Waals surface area contributed by atoms with E-state index in [1.165, 1.54) is 35.0 Å². The number of rotatable bonds is 12. The molecule has 7 nitrogen and oxygen atoms in total. The standard InChI is InChI=1S/C29H40FN3O4S/c1-4-27(29(35)31-25-12-6-5-7-13-25)32(21-23-11-8-10-22(2)20-23)28(34)14-9-19-33(38(3,36)37)26-17-15-24(30)16-18-26/h8,10-11,15-18,20,25,27H,4-7,9,12-14,19,21H2,1-3H3,(H,31,35)/t27-/m0/s1.